The van der Waals surface area contributed by atoms with Gasteiger partial charge in [0.15, 0.2) is 0 Å². The Bertz CT molecular complexity index is 559. The minimum absolute atomic E-state index is 0.121. The monoisotopic (exact) mass is 248 g/mol. The first-order valence-electron chi connectivity index (χ1n) is 5.54. The number of para-hydroxylation sites is 1. The molecule has 0 aliphatic carbocycles. The number of anilines is 1. The van der Waals surface area contributed by atoms with Crippen LogP contribution in [0.25, 0.3) is 0 Å². The summed E-state index contributed by atoms with van der Waals surface area (Å²) in [6.07, 6.45) is 0.121. The van der Waals surface area contributed by atoms with Gasteiger partial charge in [0.2, 0.25) is 5.91 Å². The van der Waals surface area contributed by atoms with Crippen LogP contribution in [-0.4, -0.2) is 11.1 Å². The summed E-state index contributed by atoms with van der Waals surface area (Å²) in [5.41, 5.74) is 1.59. The normalized spacial score (nSPS) is 10.4. The predicted molar refractivity (Wildman–Crippen MR) is 64.7 cm³/mol. The second-order valence-corrected chi connectivity index (χ2v) is 4.01. The molecule has 1 aromatic carbocycles. The van der Waals surface area contributed by atoms with Gasteiger partial charge >= 0.3 is 0 Å². The topological polar surface area (TPSA) is 55.1 Å². The number of aromatic nitrogens is 1. The fraction of sp³-hybridized carbons (Fsp3) is 0.231. The zero-order valence-corrected chi connectivity index (χ0v) is 10.2. The average Bonchev–Trinajstić information content (AvgIpc) is 2.64. The molecule has 0 aliphatic rings. The Hall–Kier alpha value is -2.17. The second kappa shape index (κ2) is 5.00. The Kier molecular flexibility index (Phi) is 3.41. The summed E-state index contributed by atoms with van der Waals surface area (Å²) < 4.78 is 18.3. The summed E-state index contributed by atoms with van der Waals surface area (Å²) in [6.45, 7) is 3.51. The fourth-order valence-electron chi connectivity index (χ4n) is 1.67. The number of aryl methyl sites for hydroxylation is 2. The molecular formula is C13H13FN2O2. The van der Waals surface area contributed by atoms with Crippen molar-refractivity contribution in [1.29, 1.82) is 0 Å². The number of carbonyl (C=O) groups is 1. The molecule has 4 nitrogen and oxygen atoms in total. The van der Waals surface area contributed by atoms with Crippen LogP contribution < -0.4 is 5.32 Å². The van der Waals surface area contributed by atoms with E-state index in [9.17, 15) is 9.18 Å². The lowest BCUT2D eigenvalue weighted by Gasteiger charge is -2.05. The van der Waals surface area contributed by atoms with Crippen molar-refractivity contribution < 1.29 is 13.7 Å². The Labute approximate surface area is 104 Å². The lowest BCUT2D eigenvalue weighted by molar-refractivity contribution is -0.115. The van der Waals surface area contributed by atoms with Crippen LogP contribution in [0.4, 0.5) is 10.1 Å². The molecule has 2 aromatic rings. The summed E-state index contributed by atoms with van der Waals surface area (Å²) >= 11 is 0. The van der Waals surface area contributed by atoms with Crippen molar-refractivity contribution in [3.05, 3.63) is 47.1 Å². The molecule has 0 fully saturated rings. The molecule has 94 valence electrons. The number of rotatable bonds is 3. The van der Waals surface area contributed by atoms with Crippen molar-refractivity contribution in [3.63, 3.8) is 0 Å². The van der Waals surface area contributed by atoms with Crippen molar-refractivity contribution in [2.75, 3.05) is 5.32 Å². The van der Waals surface area contributed by atoms with Crippen molar-refractivity contribution in [2.45, 2.75) is 20.3 Å². The number of halogens is 1. The highest BCUT2D eigenvalue weighted by Crippen LogP contribution is 2.16. The van der Waals surface area contributed by atoms with Gasteiger partial charge < -0.3 is 9.84 Å². The molecule has 0 atom stereocenters. The van der Waals surface area contributed by atoms with Gasteiger partial charge in [-0.3, -0.25) is 4.79 Å². The third kappa shape index (κ3) is 2.56. The van der Waals surface area contributed by atoms with E-state index >= 15 is 0 Å². The Morgan fingerprint density at radius 1 is 1.39 bits per heavy atom. The highest BCUT2D eigenvalue weighted by Gasteiger charge is 2.14. The number of hydrogen-bond donors (Lipinski definition) is 1. The molecule has 0 radical (unpaired) electrons. The van der Waals surface area contributed by atoms with Crippen LogP contribution in [0, 0.1) is 19.7 Å². The van der Waals surface area contributed by atoms with E-state index in [4.69, 9.17) is 4.52 Å². The molecule has 0 saturated carbocycles. The second-order valence-electron chi connectivity index (χ2n) is 4.01. The maximum absolute atomic E-state index is 13.3. The number of nitrogens with zero attached hydrogens (tertiary/aromatic N) is 1. The van der Waals surface area contributed by atoms with E-state index in [0.29, 0.717) is 11.5 Å². The molecule has 18 heavy (non-hydrogen) atoms. The van der Waals surface area contributed by atoms with Crippen LogP contribution >= 0.6 is 0 Å². The minimum Gasteiger partial charge on any atom is -0.361 e. The van der Waals surface area contributed by atoms with Gasteiger partial charge in [0, 0.05) is 5.56 Å². The predicted octanol–water partition coefficient (Wildman–Crippen LogP) is 2.61. The molecule has 0 spiro atoms. The highest BCUT2D eigenvalue weighted by atomic mass is 19.1. The summed E-state index contributed by atoms with van der Waals surface area (Å²) in [7, 11) is 0. The molecule has 2 rings (SSSR count). The third-order valence-electron chi connectivity index (χ3n) is 2.67. The quantitative estimate of drug-likeness (QED) is 0.908. The van der Waals surface area contributed by atoms with E-state index in [1.807, 2.05) is 0 Å². The van der Waals surface area contributed by atoms with E-state index in [2.05, 4.69) is 10.5 Å². The number of benzene rings is 1. The van der Waals surface area contributed by atoms with E-state index < -0.39 is 5.82 Å². The van der Waals surface area contributed by atoms with Gasteiger partial charge in [0.1, 0.15) is 11.6 Å². The van der Waals surface area contributed by atoms with Gasteiger partial charge in [-0.1, -0.05) is 17.3 Å². The summed E-state index contributed by atoms with van der Waals surface area (Å²) in [6, 6.07) is 6.04. The molecule has 0 unspecified atom stereocenters. The van der Waals surface area contributed by atoms with Crippen LogP contribution in [0.5, 0.6) is 0 Å². The van der Waals surface area contributed by atoms with Crippen molar-refractivity contribution in [1.82, 2.24) is 5.16 Å². The SMILES string of the molecule is Cc1noc(C)c1CC(=O)Nc1ccccc1F. The zero-order chi connectivity index (χ0) is 13.1. The third-order valence-corrected chi connectivity index (χ3v) is 2.67. The largest absolute Gasteiger partial charge is 0.361 e. The van der Waals surface area contributed by atoms with Crippen molar-refractivity contribution in [2.24, 2.45) is 0 Å². The van der Waals surface area contributed by atoms with Gasteiger partial charge in [-0.25, -0.2) is 4.39 Å². The minimum atomic E-state index is -0.454. The van der Waals surface area contributed by atoms with Crippen molar-refractivity contribution in [3.8, 4) is 0 Å². The van der Waals surface area contributed by atoms with Gasteiger partial charge in [-0.2, -0.15) is 0 Å². The van der Waals surface area contributed by atoms with Crippen molar-refractivity contribution >= 4 is 11.6 Å². The van der Waals surface area contributed by atoms with E-state index in [1.54, 1.807) is 26.0 Å². The Morgan fingerprint density at radius 3 is 2.72 bits per heavy atom. The van der Waals surface area contributed by atoms with Crippen LogP contribution in [0.15, 0.2) is 28.8 Å². The molecule has 1 aromatic heterocycles. The first-order chi connectivity index (χ1) is 8.58. The molecule has 0 bridgehead atoms. The molecule has 1 N–H and O–H groups in total. The van der Waals surface area contributed by atoms with Crippen LogP contribution in [-0.2, 0) is 11.2 Å². The zero-order valence-electron chi connectivity index (χ0n) is 10.2. The molecule has 0 aliphatic heterocycles. The number of carbonyl (C=O) groups excluding carboxylic acids is 1. The summed E-state index contributed by atoms with van der Waals surface area (Å²) in [5, 5.41) is 6.28. The van der Waals surface area contributed by atoms with Gasteiger partial charge in [-0.15, -0.1) is 0 Å². The van der Waals surface area contributed by atoms with E-state index in [1.165, 1.54) is 12.1 Å². The lowest BCUT2D eigenvalue weighted by Crippen LogP contribution is -2.16. The van der Waals surface area contributed by atoms with E-state index in [0.717, 1.165) is 5.56 Å². The van der Waals surface area contributed by atoms with E-state index in [-0.39, 0.29) is 18.0 Å². The fourth-order valence-corrected chi connectivity index (χ4v) is 1.67. The van der Waals surface area contributed by atoms with Crippen LogP contribution in [0.2, 0.25) is 0 Å². The molecular weight excluding hydrogens is 235 g/mol. The van der Waals surface area contributed by atoms with Gasteiger partial charge in [0.05, 0.1) is 17.8 Å². The first-order valence-corrected chi connectivity index (χ1v) is 5.54. The molecule has 5 heteroatoms. The van der Waals surface area contributed by atoms with Crippen LogP contribution in [0.1, 0.15) is 17.0 Å². The maximum Gasteiger partial charge on any atom is 0.229 e. The maximum atomic E-state index is 13.3. The van der Waals surface area contributed by atoms with Gasteiger partial charge in [0.25, 0.3) is 0 Å². The Balaban J connectivity index is 2.08. The summed E-state index contributed by atoms with van der Waals surface area (Å²) in [4.78, 5) is 11.8. The molecule has 0 saturated heterocycles. The highest BCUT2D eigenvalue weighted by molar-refractivity contribution is 5.92. The molecule has 1 heterocycles. The lowest BCUT2D eigenvalue weighted by atomic mass is 10.1. The standard InChI is InChI=1S/C13H13FN2O2/c1-8-10(9(2)18-16-8)7-13(17)15-12-6-4-3-5-11(12)14/h3-6H,7H2,1-2H3,(H,15,17). The average molecular weight is 248 g/mol. The summed E-state index contributed by atoms with van der Waals surface area (Å²) in [5.74, 6) is -0.143. The van der Waals surface area contributed by atoms with Crippen LogP contribution in [0.3, 0.4) is 0 Å². The number of amides is 1. The number of hydrogen-bond acceptors (Lipinski definition) is 3. The Morgan fingerprint density at radius 2 is 2.11 bits per heavy atom. The molecule has 1 amide bonds. The number of nitrogens with one attached hydrogen (secondary N) is 1. The van der Waals surface area contributed by atoms with Gasteiger partial charge in [-0.05, 0) is 26.0 Å². The smallest absolute Gasteiger partial charge is 0.229 e. The first kappa shape index (κ1) is 12.3.